The molecule has 0 N–H and O–H groups in total. The van der Waals surface area contributed by atoms with Crippen molar-refractivity contribution < 1.29 is 4.39 Å². The third-order valence-corrected chi connectivity index (χ3v) is 5.21. The summed E-state index contributed by atoms with van der Waals surface area (Å²) >= 11 is 11.4. The number of para-hydroxylation sites is 1. The lowest BCUT2D eigenvalue weighted by molar-refractivity contribution is 0.637. The van der Waals surface area contributed by atoms with Crippen molar-refractivity contribution >= 4 is 49.9 Å². The fraction of sp³-hybridized carbons (Fsp3) is 0.214. The Labute approximate surface area is 133 Å². The van der Waals surface area contributed by atoms with Gasteiger partial charge < -0.3 is 4.57 Å². The highest BCUT2D eigenvalue weighted by atomic mass is 79.9. The second-order valence-electron chi connectivity index (χ2n) is 4.47. The fourth-order valence-corrected chi connectivity index (χ4v) is 3.81. The van der Waals surface area contributed by atoms with Crippen LogP contribution in [0.4, 0.5) is 4.39 Å². The lowest BCUT2D eigenvalue weighted by Gasteiger charge is -2.09. The smallest absolute Gasteiger partial charge is 0.151 e. The summed E-state index contributed by atoms with van der Waals surface area (Å²) in [5.74, 6) is 0.372. The standard InChI is InChI=1S/C14H11BrClFN2S/c1-8(16)14-18-13-10(17)3-2-4-11(13)19(14)7-12-9(15)5-6-20-12/h2-6,8H,7H2,1H3. The SMILES string of the molecule is CC(Cl)c1nc2c(F)cccc2n1Cc1sccc1Br. The largest absolute Gasteiger partial charge is 0.321 e. The summed E-state index contributed by atoms with van der Waals surface area (Å²) in [6.45, 7) is 2.48. The molecule has 0 aliphatic carbocycles. The number of rotatable bonds is 3. The average molecular weight is 374 g/mol. The predicted molar refractivity (Wildman–Crippen MR) is 85.1 cm³/mol. The van der Waals surface area contributed by atoms with Crippen LogP contribution in [0.1, 0.15) is 23.0 Å². The van der Waals surface area contributed by atoms with Gasteiger partial charge in [-0.3, -0.25) is 0 Å². The number of hydrogen-bond donors (Lipinski definition) is 0. The van der Waals surface area contributed by atoms with E-state index in [2.05, 4.69) is 20.9 Å². The minimum atomic E-state index is -0.315. The van der Waals surface area contributed by atoms with Crippen molar-refractivity contribution in [2.24, 2.45) is 0 Å². The molecule has 0 radical (unpaired) electrons. The molecular weight excluding hydrogens is 363 g/mol. The van der Waals surface area contributed by atoms with E-state index in [-0.39, 0.29) is 11.2 Å². The molecule has 20 heavy (non-hydrogen) atoms. The summed E-state index contributed by atoms with van der Waals surface area (Å²) in [6, 6.07) is 6.99. The number of benzene rings is 1. The van der Waals surface area contributed by atoms with E-state index in [1.165, 1.54) is 6.07 Å². The van der Waals surface area contributed by atoms with Crippen LogP contribution in [0.5, 0.6) is 0 Å². The van der Waals surface area contributed by atoms with Gasteiger partial charge in [-0.25, -0.2) is 9.37 Å². The zero-order valence-electron chi connectivity index (χ0n) is 10.6. The molecular formula is C14H11BrClFN2S. The summed E-state index contributed by atoms with van der Waals surface area (Å²) in [5, 5.41) is 1.74. The molecule has 1 atom stereocenters. The lowest BCUT2D eigenvalue weighted by atomic mass is 10.3. The van der Waals surface area contributed by atoms with Crippen molar-refractivity contribution in [2.75, 3.05) is 0 Å². The van der Waals surface area contributed by atoms with Gasteiger partial charge in [0, 0.05) is 9.35 Å². The van der Waals surface area contributed by atoms with Crippen molar-refractivity contribution in [3.63, 3.8) is 0 Å². The monoisotopic (exact) mass is 372 g/mol. The van der Waals surface area contributed by atoms with Crippen LogP contribution in [-0.4, -0.2) is 9.55 Å². The molecule has 0 saturated heterocycles. The van der Waals surface area contributed by atoms with E-state index in [0.717, 1.165) is 14.9 Å². The molecule has 0 bridgehead atoms. The summed E-state index contributed by atoms with van der Waals surface area (Å²) in [4.78, 5) is 5.53. The van der Waals surface area contributed by atoms with Crippen molar-refractivity contribution in [3.8, 4) is 0 Å². The maximum atomic E-state index is 13.9. The van der Waals surface area contributed by atoms with Crippen LogP contribution in [0, 0.1) is 5.82 Å². The Morgan fingerprint density at radius 3 is 2.90 bits per heavy atom. The molecule has 3 aromatic rings. The lowest BCUT2D eigenvalue weighted by Crippen LogP contribution is -2.05. The van der Waals surface area contributed by atoms with E-state index < -0.39 is 0 Å². The van der Waals surface area contributed by atoms with Gasteiger partial charge in [-0.2, -0.15) is 0 Å². The average Bonchev–Trinajstić information content (AvgIpc) is 2.96. The Hall–Kier alpha value is -0.910. The number of nitrogens with zero attached hydrogens (tertiary/aromatic N) is 2. The van der Waals surface area contributed by atoms with Crippen LogP contribution in [0.25, 0.3) is 11.0 Å². The first-order chi connectivity index (χ1) is 9.58. The fourth-order valence-electron chi connectivity index (χ4n) is 2.18. The van der Waals surface area contributed by atoms with Crippen LogP contribution < -0.4 is 0 Å². The number of thiophene rings is 1. The number of imidazole rings is 1. The molecule has 0 aliphatic heterocycles. The zero-order valence-corrected chi connectivity index (χ0v) is 13.8. The summed E-state index contributed by atoms with van der Waals surface area (Å²) in [7, 11) is 0. The third kappa shape index (κ3) is 2.38. The van der Waals surface area contributed by atoms with Gasteiger partial charge in [-0.15, -0.1) is 22.9 Å². The molecule has 3 rings (SSSR count). The number of alkyl halides is 1. The minimum Gasteiger partial charge on any atom is -0.321 e. The van der Waals surface area contributed by atoms with Gasteiger partial charge in [0.15, 0.2) is 5.82 Å². The first-order valence-corrected chi connectivity index (χ1v) is 8.19. The third-order valence-electron chi connectivity index (χ3n) is 3.11. The van der Waals surface area contributed by atoms with Gasteiger partial charge in [0.25, 0.3) is 0 Å². The van der Waals surface area contributed by atoms with Crippen LogP contribution in [0.3, 0.4) is 0 Å². The van der Waals surface area contributed by atoms with Crippen molar-refractivity contribution in [1.82, 2.24) is 9.55 Å². The second-order valence-corrected chi connectivity index (χ2v) is 6.98. The number of aromatic nitrogens is 2. The van der Waals surface area contributed by atoms with Gasteiger partial charge in [0.1, 0.15) is 11.3 Å². The Morgan fingerprint density at radius 1 is 1.45 bits per heavy atom. The Morgan fingerprint density at radius 2 is 2.25 bits per heavy atom. The number of fused-ring (bicyclic) bond motifs is 1. The normalized spacial score (nSPS) is 13.0. The first-order valence-electron chi connectivity index (χ1n) is 6.08. The molecule has 0 fully saturated rings. The first kappa shape index (κ1) is 14.0. The molecule has 104 valence electrons. The maximum Gasteiger partial charge on any atom is 0.151 e. The van der Waals surface area contributed by atoms with Gasteiger partial charge >= 0.3 is 0 Å². The van der Waals surface area contributed by atoms with Crippen molar-refractivity contribution in [1.29, 1.82) is 0 Å². The van der Waals surface area contributed by atoms with Crippen molar-refractivity contribution in [3.05, 3.63) is 50.6 Å². The minimum absolute atomic E-state index is 0.277. The van der Waals surface area contributed by atoms with E-state index in [1.54, 1.807) is 17.4 Å². The molecule has 2 aromatic heterocycles. The topological polar surface area (TPSA) is 17.8 Å². The highest BCUT2D eigenvalue weighted by Crippen LogP contribution is 2.30. The number of halogens is 3. The van der Waals surface area contributed by atoms with Crippen LogP contribution in [0.15, 0.2) is 34.1 Å². The van der Waals surface area contributed by atoms with Crippen LogP contribution in [-0.2, 0) is 6.54 Å². The summed E-state index contributed by atoms with van der Waals surface area (Å²) in [6.07, 6.45) is 0. The molecule has 0 amide bonds. The molecule has 2 nitrogen and oxygen atoms in total. The van der Waals surface area contributed by atoms with Gasteiger partial charge in [0.05, 0.1) is 17.4 Å². The Kier molecular flexibility index (Phi) is 3.84. The molecule has 0 saturated carbocycles. The van der Waals surface area contributed by atoms with E-state index in [4.69, 9.17) is 11.6 Å². The van der Waals surface area contributed by atoms with Gasteiger partial charge in [0.2, 0.25) is 0 Å². The van der Waals surface area contributed by atoms with E-state index >= 15 is 0 Å². The van der Waals surface area contributed by atoms with Gasteiger partial charge in [-0.05, 0) is 46.4 Å². The summed E-state index contributed by atoms with van der Waals surface area (Å²) < 4.78 is 16.9. The quantitative estimate of drug-likeness (QED) is 0.566. The molecule has 6 heteroatoms. The highest BCUT2D eigenvalue weighted by Gasteiger charge is 2.18. The molecule has 0 spiro atoms. The molecule has 1 unspecified atom stereocenters. The predicted octanol–water partition coefficient (Wildman–Crippen LogP) is 5.35. The van der Waals surface area contributed by atoms with Crippen LogP contribution >= 0.6 is 38.9 Å². The molecule has 2 heterocycles. The highest BCUT2D eigenvalue weighted by molar-refractivity contribution is 9.10. The maximum absolute atomic E-state index is 13.9. The number of hydrogen-bond acceptors (Lipinski definition) is 2. The summed E-state index contributed by atoms with van der Waals surface area (Å²) in [5.41, 5.74) is 1.15. The van der Waals surface area contributed by atoms with E-state index in [1.807, 2.05) is 29.0 Å². The molecule has 0 aliphatic rings. The van der Waals surface area contributed by atoms with Gasteiger partial charge in [-0.1, -0.05) is 6.07 Å². The second kappa shape index (κ2) is 5.47. The van der Waals surface area contributed by atoms with E-state index in [0.29, 0.717) is 17.9 Å². The van der Waals surface area contributed by atoms with E-state index in [9.17, 15) is 4.39 Å². The zero-order chi connectivity index (χ0) is 14.3. The Bertz CT molecular complexity index is 766. The molecule has 1 aromatic carbocycles. The van der Waals surface area contributed by atoms with Crippen LogP contribution in [0.2, 0.25) is 0 Å². The Balaban J connectivity index is 2.19. The van der Waals surface area contributed by atoms with Crippen molar-refractivity contribution in [2.45, 2.75) is 18.8 Å².